The fraction of sp³-hybridized carbons (Fsp3) is 0.320. The van der Waals surface area contributed by atoms with Gasteiger partial charge in [0.1, 0.15) is 5.52 Å². The highest BCUT2D eigenvalue weighted by Crippen LogP contribution is 2.38. The largest absolute Gasteiger partial charge is 0.351 e. The maximum atomic E-state index is 15.0. The number of halogens is 1. The third-order valence-corrected chi connectivity index (χ3v) is 6.22. The number of nitrogens with one attached hydrogen (secondary N) is 2. The van der Waals surface area contributed by atoms with Gasteiger partial charge >= 0.3 is 0 Å². The Labute approximate surface area is 185 Å². The summed E-state index contributed by atoms with van der Waals surface area (Å²) in [5.74, 6) is -0.441. The summed E-state index contributed by atoms with van der Waals surface area (Å²) in [6.45, 7) is 1.38. The molecule has 2 heterocycles. The fourth-order valence-electron chi connectivity index (χ4n) is 4.60. The highest BCUT2D eigenvalue weighted by molar-refractivity contribution is 6.08. The van der Waals surface area contributed by atoms with Gasteiger partial charge in [-0.3, -0.25) is 9.89 Å². The molecule has 1 aliphatic rings. The average Bonchev–Trinajstić information content (AvgIpc) is 3.26. The number of aromatic amines is 1. The van der Waals surface area contributed by atoms with E-state index in [0.717, 1.165) is 54.3 Å². The number of fused-ring (bicyclic) bond motifs is 5. The summed E-state index contributed by atoms with van der Waals surface area (Å²) in [6, 6.07) is 8.93. The smallest absolute Gasteiger partial charge is 0.251 e. The number of carbonyl (C=O) groups is 1. The Bertz CT molecular complexity index is 1310. The van der Waals surface area contributed by atoms with E-state index in [0.29, 0.717) is 23.1 Å². The third-order valence-electron chi connectivity index (χ3n) is 6.22. The summed E-state index contributed by atoms with van der Waals surface area (Å²) < 4.78 is 15.0. The maximum Gasteiger partial charge on any atom is 0.251 e. The van der Waals surface area contributed by atoms with Crippen molar-refractivity contribution in [3.63, 3.8) is 0 Å². The SMILES string of the molecule is CN(C)CCNC(=O)c1ccc(-c2nc3c(F)cc4[nH]ncc4c3c3c2CCCC3)cc1. The Morgan fingerprint density at radius 3 is 2.66 bits per heavy atom. The van der Waals surface area contributed by atoms with Gasteiger partial charge in [0.15, 0.2) is 5.82 Å². The van der Waals surface area contributed by atoms with Gasteiger partial charge in [-0.2, -0.15) is 5.10 Å². The predicted octanol–water partition coefficient (Wildman–Crippen LogP) is 4.09. The van der Waals surface area contributed by atoms with Crippen molar-refractivity contribution in [3.8, 4) is 11.3 Å². The molecule has 0 fully saturated rings. The normalized spacial score (nSPS) is 13.6. The lowest BCUT2D eigenvalue weighted by Gasteiger charge is -2.22. The lowest BCUT2D eigenvalue weighted by Crippen LogP contribution is -2.31. The van der Waals surface area contributed by atoms with Crippen molar-refractivity contribution in [1.29, 1.82) is 0 Å². The van der Waals surface area contributed by atoms with Gasteiger partial charge in [0.2, 0.25) is 0 Å². The Hall–Kier alpha value is -3.32. The molecule has 0 radical (unpaired) electrons. The average molecular weight is 432 g/mol. The van der Waals surface area contributed by atoms with Crippen LogP contribution in [-0.4, -0.2) is 53.2 Å². The van der Waals surface area contributed by atoms with Gasteiger partial charge in [0.25, 0.3) is 5.91 Å². The molecule has 2 aromatic heterocycles. The molecule has 1 aliphatic carbocycles. The number of H-pyrrole nitrogens is 1. The molecule has 0 bridgehead atoms. The van der Waals surface area contributed by atoms with Crippen LogP contribution in [-0.2, 0) is 12.8 Å². The molecule has 6 nitrogen and oxygen atoms in total. The van der Waals surface area contributed by atoms with Gasteiger partial charge in [0.05, 0.1) is 17.4 Å². The number of hydrogen-bond donors (Lipinski definition) is 2. The zero-order valence-corrected chi connectivity index (χ0v) is 18.3. The van der Waals surface area contributed by atoms with E-state index >= 15 is 4.39 Å². The summed E-state index contributed by atoms with van der Waals surface area (Å²) in [4.78, 5) is 19.3. The van der Waals surface area contributed by atoms with Crippen LogP contribution in [0.15, 0.2) is 36.5 Å². The molecule has 32 heavy (non-hydrogen) atoms. The summed E-state index contributed by atoms with van der Waals surface area (Å²) in [5.41, 5.74) is 5.76. The molecule has 0 atom stereocenters. The lowest BCUT2D eigenvalue weighted by molar-refractivity contribution is 0.0951. The standard InChI is InChI=1S/C25H26FN5O/c1-31(2)12-11-27-25(32)16-9-7-15(8-10-16)23-18-6-4-3-5-17(18)22-19-14-28-30-21(19)13-20(26)24(22)29-23/h7-10,13-14H,3-6,11-12H2,1-2H3,(H,27,32)(H,28,30). The summed E-state index contributed by atoms with van der Waals surface area (Å²) in [5, 5.41) is 11.7. The van der Waals surface area contributed by atoms with E-state index in [9.17, 15) is 4.79 Å². The van der Waals surface area contributed by atoms with Crippen molar-refractivity contribution in [3.05, 3.63) is 59.0 Å². The van der Waals surface area contributed by atoms with Gasteiger partial charge in [-0.05, 0) is 63.0 Å². The lowest BCUT2D eigenvalue weighted by atomic mass is 9.85. The van der Waals surface area contributed by atoms with Crippen molar-refractivity contribution in [2.45, 2.75) is 25.7 Å². The number of nitrogens with zero attached hydrogens (tertiary/aromatic N) is 3. The quantitative estimate of drug-likeness (QED) is 0.499. The van der Waals surface area contributed by atoms with E-state index in [1.165, 1.54) is 17.2 Å². The van der Waals surface area contributed by atoms with Crippen molar-refractivity contribution in [2.24, 2.45) is 0 Å². The van der Waals surface area contributed by atoms with E-state index in [1.807, 2.05) is 43.3 Å². The second-order valence-corrected chi connectivity index (χ2v) is 8.67. The fourth-order valence-corrected chi connectivity index (χ4v) is 4.60. The summed E-state index contributed by atoms with van der Waals surface area (Å²) in [6.07, 6.45) is 5.74. The number of pyridine rings is 1. The molecule has 0 unspecified atom stereocenters. The third kappa shape index (κ3) is 3.62. The highest BCUT2D eigenvalue weighted by Gasteiger charge is 2.23. The Balaban J connectivity index is 1.56. The monoisotopic (exact) mass is 431 g/mol. The molecule has 2 N–H and O–H groups in total. The molecule has 164 valence electrons. The Morgan fingerprint density at radius 2 is 1.91 bits per heavy atom. The zero-order chi connectivity index (χ0) is 22.2. The molecule has 1 amide bonds. The predicted molar refractivity (Wildman–Crippen MR) is 124 cm³/mol. The van der Waals surface area contributed by atoms with Crippen LogP contribution in [0.25, 0.3) is 33.1 Å². The summed E-state index contributed by atoms with van der Waals surface area (Å²) >= 11 is 0. The molecule has 4 aromatic rings. The van der Waals surface area contributed by atoms with Gasteiger partial charge in [-0.25, -0.2) is 9.37 Å². The van der Waals surface area contributed by atoms with Crippen LogP contribution in [0.4, 0.5) is 4.39 Å². The molecular weight excluding hydrogens is 405 g/mol. The van der Waals surface area contributed by atoms with Crippen LogP contribution in [0.3, 0.4) is 0 Å². The zero-order valence-electron chi connectivity index (χ0n) is 18.3. The first-order chi connectivity index (χ1) is 15.5. The van der Waals surface area contributed by atoms with E-state index in [4.69, 9.17) is 4.98 Å². The minimum Gasteiger partial charge on any atom is -0.351 e. The first-order valence-corrected chi connectivity index (χ1v) is 11.0. The molecule has 7 heteroatoms. The maximum absolute atomic E-state index is 15.0. The van der Waals surface area contributed by atoms with Crippen molar-refractivity contribution in [1.82, 2.24) is 25.4 Å². The van der Waals surface area contributed by atoms with Gasteiger partial charge in [-0.15, -0.1) is 0 Å². The van der Waals surface area contributed by atoms with Crippen LogP contribution in [0.2, 0.25) is 0 Å². The number of aromatic nitrogens is 3. The van der Waals surface area contributed by atoms with Gasteiger partial charge in [-0.1, -0.05) is 12.1 Å². The minimum atomic E-state index is -0.344. The van der Waals surface area contributed by atoms with E-state index in [-0.39, 0.29) is 11.7 Å². The van der Waals surface area contributed by atoms with Crippen molar-refractivity contribution >= 4 is 27.7 Å². The van der Waals surface area contributed by atoms with Crippen molar-refractivity contribution < 1.29 is 9.18 Å². The number of benzene rings is 2. The molecule has 0 saturated carbocycles. The number of hydrogen-bond acceptors (Lipinski definition) is 4. The Kier molecular flexibility index (Phi) is 5.35. The van der Waals surface area contributed by atoms with Gasteiger partial charge in [0, 0.05) is 41.1 Å². The second-order valence-electron chi connectivity index (χ2n) is 8.67. The molecule has 0 aliphatic heterocycles. The first-order valence-electron chi connectivity index (χ1n) is 11.0. The number of carbonyl (C=O) groups excluding carboxylic acids is 1. The van der Waals surface area contributed by atoms with Crippen molar-refractivity contribution in [2.75, 3.05) is 27.2 Å². The minimum absolute atomic E-state index is 0.0970. The topological polar surface area (TPSA) is 73.9 Å². The van der Waals surface area contributed by atoms with E-state index in [1.54, 1.807) is 6.20 Å². The van der Waals surface area contributed by atoms with Gasteiger partial charge < -0.3 is 10.2 Å². The molecule has 2 aromatic carbocycles. The number of rotatable bonds is 5. The van der Waals surface area contributed by atoms with E-state index < -0.39 is 0 Å². The molecule has 0 spiro atoms. The Morgan fingerprint density at radius 1 is 1.16 bits per heavy atom. The van der Waals surface area contributed by atoms with E-state index in [2.05, 4.69) is 15.5 Å². The summed E-state index contributed by atoms with van der Waals surface area (Å²) in [7, 11) is 3.94. The second kappa shape index (κ2) is 8.31. The van der Waals surface area contributed by atoms with Crippen LogP contribution in [0.1, 0.15) is 34.3 Å². The van der Waals surface area contributed by atoms with Crippen LogP contribution in [0.5, 0.6) is 0 Å². The number of aryl methyl sites for hydroxylation is 1. The van der Waals surface area contributed by atoms with Crippen LogP contribution < -0.4 is 5.32 Å². The molecule has 0 saturated heterocycles. The first kappa shape index (κ1) is 20.6. The van der Waals surface area contributed by atoms with Crippen LogP contribution >= 0.6 is 0 Å². The molecule has 5 rings (SSSR count). The molecular formula is C25H26FN5O. The number of amides is 1. The number of likely N-dealkylation sites (N-methyl/N-ethyl adjacent to an activating group) is 1. The van der Waals surface area contributed by atoms with Crippen LogP contribution in [0, 0.1) is 5.82 Å². The highest BCUT2D eigenvalue weighted by atomic mass is 19.1.